The number of aromatic nitrogens is 2. The van der Waals surface area contributed by atoms with Gasteiger partial charge in [0, 0.05) is 12.5 Å². The maximum atomic E-state index is 12.2. The molecule has 3 N–H and O–H groups in total. The summed E-state index contributed by atoms with van der Waals surface area (Å²) >= 11 is 1.24. The highest BCUT2D eigenvalue weighted by atomic mass is 35.5. The van der Waals surface area contributed by atoms with Crippen molar-refractivity contribution in [1.82, 2.24) is 10.2 Å². The molecule has 2 aromatic rings. The molecule has 0 aliphatic rings. The van der Waals surface area contributed by atoms with E-state index in [0.29, 0.717) is 6.54 Å². The summed E-state index contributed by atoms with van der Waals surface area (Å²) in [6, 6.07) is 6.42. The molecule has 0 radical (unpaired) electrons. The highest BCUT2D eigenvalue weighted by Gasteiger charge is 2.17. The SMILES string of the molecule is CC(C)c1nnc(NS(=O)(=O)c2ccc(CN)cc2)s1.Cl. The fourth-order valence-corrected chi connectivity index (χ4v) is 3.46. The number of benzene rings is 1. The van der Waals surface area contributed by atoms with Crippen LogP contribution in [0.4, 0.5) is 5.13 Å². The zero-order chi connectivity index (χ0) is 14.8. The van der Waals surface area contributed by atoms with Crippen LogP contribution in [-0.2, 0) is 16.6 Å². The van der Waals surface area contributed by atoms with Crippen LogP contribution in [0.3, 0.4) is 0 Å². The first-order valence-electron chi connectivity index (χ1n) is 6.07. The molecule has 0 bridgehead atoms. The molecule has 1 heterocycles. The van der Waals surface area contributed by atoms with Gasteiger partial charge in [0.15, 0.2) is 0 Å². The minimum Gasteiger partial charge on any atom is -0.326 e. The number of nitrogens with two attached hydrogens (primary N) is 1. The third-order valence-electron chi connectivity index (χ3n) is 2.63. The van der Waals surface area contributed by atoms with Crippen molar-refractivity contribution in [2.75, 3.05) is 4.72 Å². The zero-order valence-corrected chi connectivity index (χ0v) is 14.1. The highest BCUT2D eigenvalue weighted by Crippen LogP contribution is 2.24. The highest BCUT2D eigenvalue weighted by molar-refractivity contribution is 7.93. The van der Waals surface area contributed by atoms with Gasteiger partial charge in [-0.15, -0.1) is 22.6 Å². The summed E-state index contributed by atoms with van der Waals surface area (Å²) in [5.41, 5.74) is 6.36. The van der Waals surface area contributed by atoms with Crippen LogP contribution in [0, 0.1) is 0 Å². The largest absolute Gasteiger partial charge is 0.326 e. The number of sulfonamides is 1. The van der Waals surface area contributed by atoms with Crippen molar-refractivity contribution in [3.05, 3.63) is 34.8 Å². The van der Waals surface area contributed by atoms with E-state index in [1.807, 2.05) is 13.8 Å². The summed E-state index contributed by atoms with van der Waals surface area (Å²) in [7, 11) is -3.63. The molecule has 0 aliphatic heterocycles. The summed E-state index contributed by atoms with van der Waals surface area (Å²) in [4.78, 5) is 0.177. The first kappa shape index (κ1) is 17.8. The Bertz CT molecular complexity index is 684. The van der Waals surface area contributed by atoms with Crippen LogP contribution in [-0.4, -0.2) is 18.6 Å². The molecule has 0 spiro atoms. The average molecular weight is 349 g/mol. The molecule has 0 aliphatic carbocycles. The van der Waals surface area contributed by atoms with E-state index < -0.39 is 10.0 Å². The fraction of sp³-hybridized carbons (Fsp3) is 0.333. The van der Waals surface area contributed by atoms with Crippen LogP contribution in [0.2, 0.25) is 0 Å². The van der Waals surface area contributed by atoms with Gasteiger partial charge in [0.1, 0.15) is 5.01 Å². The van der Waals surface area contributed by atoms with Gasteiger partial charge in [0.05, 0.1) is 4.90 Å². The van der Waals surface area contributed by atoms with Gasteiger partial charge in [-0.1, -0.05) is 37.3 Å². The van der Waals surface area contributed by atoms with Gasteiger partial charge in [0.2, 0.25) is 5.13 Å². The van der Waals surface area contributed by atoms with Crippen LogP contribution in [0.25, 0.3) is 0 Å². The van der Waals surface area contributed by atoms with Gasteiger partial charge >= 0.3 is 0 Å². The number of nitrogens with one attached hydrogen (secondary N) is 1. The van der Waals surface area contributed by atoms with E-state index in [1.54, 1.807) is 12.1 Å². The maximum absolute atomic E-state index is 12.2. The van der Waals surface area contributed by atoms with Crippen LogP contribution in [0.5, 0.6) is 0 Å². The molecular formula is C12H17ClN4O2S2. The van der Waals surface area contributed by atoms with Gasteiger partial charge in [-0.3, -0.25) is 4.72 Å². The number of nitrogens with zero attached hydrogens (tertiary/aromatic N) is 2. The van der Waals surface area contributed by atoms with Crippen molar-refractivity contribution in [1.29, 1.82) is 0 Å². The summed E-state index contributed by atoms with van der Waals surface area (Å²) in [6.45, 7) is 4.33. The first-order chi connectivity index (χ1) is 9.42. The van der Waals surface area contributed by atoms with Crippen LogP contribution in [0.1, 0.15) is 30.3 Å². The molecule has 0 atom stereocenters. The Kier molecular flexibility index (Phi) is 6.09. The summed E-state index contributed by atoms with van der Waals surface area (Å²) in [5.74, 6) is 0.217. The number of rotatable bonds is 5. The second kappa shape index (κ2) is 7.17. The van der Waals surface area contributed by atoms with Gasteiger partial charge < -0.3 is 5.73 Å². The monoisotopic (exact) mass is 348 g/mol. The molecule has 0 saturated heterocycles. The lowest BCUT2D eigenvalue weighted by Gasteiger charge is -2.05. The van der Waals surface area contributed by atoms with Gasteiger partial charge in [-0.25, -0.2) is 8.42 Å². The molecule has 2 rings (SSSR count). The number of halogens is 1. The van der Waals surface area contributed by atoms with Crippen LogP contribution >= 0.6 is 23.7 Å². The second-order valence-corrected chi connectivity index (χ2v) is 7.25. The summed E-state index contributed by atoms with van der Waals surface area (Å²) in [5, 5.41) is 8.85. The Morgan fingerprint density at radius 3 is 2.33 bits per heavy atom. The fourth-order valence-electron chi connectivity index (χ4n) is 1.49. The Morgan fingerprint density at radius 1 is 1.24 bits per heavy atom. The standard InChI is InChI=1S/C12H16N4O2S2.ClH/c1-8(2)11-14-15-12(19-11)16-20(17,18)10-5-3-9(7-13)4-6-10;/h3-6,8H,7,13H2,1-2H3,(H,15,16);1H. The van der Waals surface area contributed by atoms with Crippen LogP contribution in [0.15, 0.2) is 29.2 Å². The maximum Gasteiger partial charge on any atom is 0.263 e. The molecule has 116 valence electrons. The van der Waals surface area contributed by atoms with Gasteiger partial charge in [0.25, 0.3) is 10.0 Å². The molecule has 6 nitrogen and oxygen atoms in total. The Hall–Kier alpha value is -1.22. The minimum atomic E-state index is -3.63. The topological polar surface area (TPSA) is 98.0 Å². The molecule has 0 fully saturated rings. The number of anilines is 1. The van der Waals surface area contributed by atoms with Crippen molar-refractivity contribution in [3.63, 3.8) is 0 Å². The lowest BCUT2D eigenvalue weighted by atomic mass is 10.2. The van der Waals surface area contributed by atoms with Gasteiger partial charge in [-0.05, 0) is 17.7 Å². The molecule has 21 heavy (non-hydrogen) atoms. The molecule has 1 aromatic heterocycles. The van der Waals surface area contributed by atoms with Crippen molar-refractivity contribution < 1.29 is 8.42 Å². The molecule has 9 heteroatoms. The zero-order valence-electron chi connectivity index (χ0n) is 11.6. The molecule has 0 saturated carbocycles. The number of hydrogen-bond donors (Lipinski definition) is 2. The molecule has 0 unspecified atom stereocenters. The number of hydrogen-bond acceptors (Lipinski definition) is 6. The van der Waals surface area contributed by atoms with Crippen LogP contribution < -0.4 is 10.5 Å². The first-order valence-corrected chi connectivity index (χ1v) is 8.37. The second-order valence-electron chi connectivity index (χ2n) is 4.55. The molecule has 1 aromatic carbocycles. The van der Waals surface area contributed by atoms with E-state index in [2.05, 4.69) is 14.9 Å². The summed E-state index contributed by atoms with van der Waals surface area (Å²) in [6.07, 6.45) is 0. The third kappa shape index (κ3) is 4.37. The Labute approximate surface area is 134 Å². The molecular weight excluding hydrogens is 332 g/mol. The molecule has 0 amide bonds. The van der Waals surface area contributed by atoms with E-state index in [1.165, 1.54) is 23.5 Å². The smallest absolute Gasteiger partial charge is 0.263 e. The van der Waals surface area contributed by atoms with Crippen molar-refractivity contribution in [2.24, 2.45) is 5.73 Å². The third-order valence-corrected chi connectivity index (χ3v) is 5.25. The normalized spacial score (nSPS) is 11.2. The lowest BCUT2D eigenvalue weighted by molar-refractivity contribution is 0.601. The quantitative estimate of drug-likeness (QED) is 0.864. The Morgan fingerprint density at radius 2 is 1.86 bits per heavy atom. The van der Waals surface area contributed by atoms with E-state index >= 15 is 0 Å². The van der Waals surface area contributed by atoms with Gasteiger partial charge in [-0.2, -0.15) is 0 Å². The minimum absolute atomic E-state index is 0. The predicted molar refractivity (Wildman–Crippen MR) is 86.4 cm³/mol. The van der Waals surface area contributed by atoms with Crippen molar-refractivity contribution in [2.45, 2.75) is 31.2 Å². The summed E-state index contributed by atoms with van der Waals surface area (Å²) < 4.78 is 26.8. The average Bonchev–Trinajstić information content (AvgIpc) is 2.87. The van der Waals surface area contributed by atoms with Crippen molar-refractivity contribution >= 4 is 38.9 Å². The van der Waals surface area contributed by atoms with E-state index in [4.69, 9.17) is 5.73 Å². The van der Waals surface area contributed by atoms with E-state index in [-0.39, 0.29) is 28.4 Å². The lowest BCUT2D eigenvalue weighted by Crippen LogP contribution is -2.13. The van der Waals surface area contributed by atoms with Crippen molar-refractivity contribution in [3.8, 4) is 0 Å². The van der Waals surface area contributed by atoms with E-state index in [0.717, 1.165) is 10.6 Å². The van der Waals surface area contributed by atoms with E-state index in [9.17, 15) is 8.42 Å². The Balaban J connectivity index is 0.00000220. The predicted octanol–water partition coefficient (Wildman–Crippen LogP) is 2.34.